The molecule has 1 atom stereocenters. The number of aliphatic hydroxyl groups is 1. The molecule has 11 heteroatoms. The normalized spacial score (nSPS) is 12.3. The van der Waals surface area contributed by atoms with Gasteiger partial charge in [0.05, 0.1) is 24.8 Å². The highest BCUT2D eigenvalue weighted by Gasteiger charge is 2.18. The number of phenols is 2. The average molecular weight is 403 g/mol. The largest absolute Gasteiger partial charge is 0.507 e. The maximum Gasteiger partial charge on any atom is 0.226 e. The van der Waals surface area contributed by atoms with E-state index in [1.165, 1.54) is 19.2 Å². The molecule has 0 amide bonds. The third kappa shape index (κ3) is 4.40. The Morgan fingerprint density at radius 2 is 1.79 bits per heavy atom. The molecular formula is C18H25N7O4. The average Bonchev–Trinajstić information content (AvgIpc) is 3.09. The van der Waals surface area contributed by atoms with Crippen molar-refractivity contribution in [1.82, 2.24) is 25.0 Å². The van der Waals surface area contributed by atoms with Crippen molar-refractivity contribution >= 4 is 22.9 Å². The van der Waals surface area contributed by atoms with E-state index in [2.05, 4.69) is 30.9 Å². The van der Waals surface area contributed by atoms with E-state index in [-0.39, 0.29) is 36.2 Å². The summed E-state index contributed by atoms with van der Waals surface area (Å²) in [6, 6.07) is 2.86. The van der Waals surface area contributed by atoms with Gasteiger partial charge in [-0.3, -0.25) is 0 Å². The Balaban J connectivity index is 1.95. The molecule has 0 radical (unpaired) electrons. The van der Waals surface area contributed by atoms with Crippen molar-refractivity contribution in [2.45, 2.75) is 39.5 Å². The van der Waals surface area contributed by atoms with Crippen LogP contribution >= 0.6 is 0 Å². The third-order valence-electron chi connectivity index (χ3n) is 4.21. The number of nitrogens with one attached hydrogen (secondary N) is 2. The second kappa shape index (κ2) is 8.35. The number of phenolic OH excluding ortho intramolecular Hbond substituents is 2. The Kier molecular flexibility index (Phi) is 5.87. The van der Waals surface area contributed by atoms with Crippen molar-refractivity contribution in [3.63, 3.8) is 0 Å². The zero-order chi connectivity index (χ0) is 21.1. The quantitative estimate of drug-likeness (QED) is 0.375. The first kappa shape index (κ1) is 20.4. The predicted octanol–water partition coefficient (Wildman–Crippen LogP) is 1.63. The monoisotopic (exact) mass is 403 g/mol. The molecular weight excluding hydrogens is 378 g/mol. The van der Waals surface area contributed by atoms with Crippen LogP contribution in [0, 0.1) is 0 Å². The molecule has 0 aliphatic rings. The lowest BCUT2D eigenvalue weighted by Gasteiger charge is -2.13. The SMILES string of the molecule is COc1cc(O)c(CNc2nc(NCC(C)O)nc3c2nnn3C(C)C)c(O)c1. The van der Waals surface area contributed by atoms with Crippen molar-refractivity contribution < 1.29 is 20.1 Å². The number of aromatic hydroxyl groups is 2. The van der Waals surface area contributed by atoms with Gasteiger partial charge in [0.2, 0.25) is 5.95 Å². The molecule has 29 heavy (non-hydrogen) atoms. The van der Waals surface area contributed by atoms with Gasteiger partial charge in [-0.15, -0.1) is 5.10 Å². The van der Waals surface area contributed by atoms with Gasteiger partial charge in [0.1, 0.15) is 17.2 Å². The lowest BCUT2D eigenvalue weighted by atomic mass is 10.1. The van der Waals surface area contributed by atoms with Crippen LogP contribution in [0.2, 0.25) is 0 Å². The Morgan fingerprint density at radius 3 is 2.38 bits per heavy atom. The van der Waals surface area contributed by atoms with Gasteiger partial charge < -0.3 is 30.7 Å². The highest BCUT2D eigenvalue weighted by Crippen LogP contribution is 2.33. The van der Waals surface area contributed by atoms with E-state index in [4.69, 9.17) is 4.74 Å². The van der Waals surface area contributed by atoms with Crippen LogP contribution in [-0.4, -0.2) is 60.0 Å². The minimum absolute atomic E-state index is 0.0297. The molecule has 0 aliphatic carbocycles. The summed E-state index contributed by atoms with van der Waals surface area (Å²) < 4.78 is 6.69. The molecule has 156 valence electrons. The molecule has 2 aromatic heterocycles. The number of hydrogen-bond acceptors (Lipinski definition) is 10. The smallest absolute Gasteiger partial charge is 0.226 e. The van der Waals surface area contributed by atoms with E-state index in [9.17, 15) is 15.3 Å². The number of ether oxygens (including phenoxy) is 1. The highest BCUT2D eigenvalue weighted by atomic mass is 16.5. The maximum absolute atomic E-state index is 10.2. The molecule has 0 saturated carbocycles. The fourth-order valence-corrected chi connectivity index (χ4v) is 2.71. The second-order valence-electron chi connectivity index (χ2n) is 6.92. The fourth-order valence-electron chi connectivity index (χ4n) is 2.71. The number of nitrogens with zero attached hydrogens (tertiary/aromatic N) is 5. The van der Waals surface area contributed by atoms with Gasteiger partial charge in [0, 0.05) is 25.2 Å². The zero-order valence-corrected chi connectivity index (χ0v) is 16.7. The first-order valence-corrected chi connectivity index (χ1v) is 9.17. The van der Waals surface area contributed by atoms with Crippen molar-refractivity contribution in [3.05, 3.63) is 17.7 Å². The van der Waals surface area contributed by atoms with E-state index < -0.39 is 6.10 Å². The summed E-state index contributed by atoms with van der Waals surface area (Å²) >= 11 is 0. The third-order valence-corrected chi connectivity index (χ3v) is 4.21. The summed E-state index contributed by atoms with van der Waals surface area (Å²) in [6.07, 6.45) is -0.577. The molecule has 3 rings (SSSR count). The van der Waals surface area contributed by atoms with Gasteiger partial charge in [0.15, 0.2) is 17.0 Å². The van der Waals surface area contributed by atoms with Crippen LogP contribution in [0.25, 0.3) is 11.2 Å². The molecule has 0 fully saturated rings. The summed E-state index contributed by atoms with van der Waals surface area (Å²) in [5.74, 6) is 0.798. The summed E-state index contributed by atoms with van der Waals surface area (Å²) in [6.45, 7) is 5.92. The first-order chi connectivity index (χ1) is 13.8. The van der Waals surface area contributed by atoms with Crippen LogP contribution in [0.5, 0.6) is 17.2 Å². The first-order valence-electron chi connectivity index (χ1n) is 9.17. The van der Waals surface area contributed by atoms with Gasteiger partial charge >= 0.3 is 0 Å². The van der Waals surface area contributed by atoms with Gasteiger partial charge in [-0.1, -0.05) is 5.21 Å². The maximum atomic E-state index is 10.2. The molecule has 3 aromatic rings. The van der Waals surface area contributed by atoms with Gasteiger partial charge in [-0.2, -0.15) is 9.97 Å². The van der Waals surface area contributed by atoms with Crippen molar-refractivity contribution in [3.8, 4) is 17.2 Å². The minimum atomic E-state index is -0.577. The molecule has 2 heterocycles. The lowest BCUT2D eigenvalue weighted by Crippen LogP contribution is -2.18. The molecule has 0 bridgehead atoms. The van der Waals surface area contributed by atoms with Crippen LogP contribution in [-0.2, 0) is 6.54 Å². The topological polar surface area (TPSA) is 150 Å². The number of hydrogen-bond donors (Lipinski definition) is 5. The highest BCUT2D eigenvalue weighted by molar-refractivity contribution is 5.83. The van der Waals surface area contributed by atoms with Gasteiger partial charge in [-0.25, -0.2) is 4.68 Å². The van der Waals surface area contributed by atoms with E-state index >= 15 is 0 Å². The number of fused-ring (bicyclic) bond motifs is 1. The minimum Gasteiger partial charge on any atom is -0.507 e. The van der Waals surface area contributed by atoms with Crippen LogP contribution in [0.15, 0.2) is 12.1 Å². The van der Waals surface area contributed by atoms with Gasteiger partial charge in [-0.05, 0) is 20.8 Å². The molecule has 0 saturated heterocycles. The van der Waals surface area contributed by atoms with E-state index in [1.807, 2.05) is 13.8 Å². The summed E-state index contributed by atoms with van der Waals surface area (Å²) in [4.78, 5) is 8.86. The molecule has 5 N–H and O–H groups in total. The van der Waals surface area contributed by atoms with Crippen molar-refractivity contribution in [2.24, 2.45) is 0 Å². The summed E-state index contributed by atoms with van der Waals surface area (Å²) in [5, 5.41) is 44.2. The fraction of sp³-hybridized carbons (Fsp3) is 0.444. The van der Waals surface area contributed by atoms with E-state index in [1.54, 1.807) is 11.6 Å². The number of aliphatic hydroxyl groups excluding tert-OH is 1. The number of aromatic nitrogens is 5. The number of methoxy groups -OCH3 is 1. The van der Waals surface area contributed by atoms with Crippen LogP contribution in [0.4, 0.5) is 11.8 Å². The van der Waals surface area contributed by atoms with Crippen molar-refractivity contribution in [2.75, 3.05) is 24.3 Å². The van der Waals surface area contributed by atoms with Gasteiger partial charge in [0.25, 0.3) is 0 Å². The molecule has 1 unspecified atom stereocenters. The summed E-state index contributed by atoms with van der Waals surface area (Å²) in [7, 11) is 1.45. The van der Waals surface area contributed by atoms with Crippen LogP contribution in [0.1, 0.15) is 32.4 Å². The number of anilines is 2. The summed E-state index contributed by atoms with van der Waals surface area (Å²) in [5.41, 5.74) is 1.26. The molecule has 11 nitrogen and oxygen atoms in total. The molecule has 1 aromatic carbocycles. The number of rotatable bonds is 8. The van der Waals surface area contributed by atoms with E-state index in [0.29, 0.717) is 28.7 Å². The zero-order valence-electron chi connectivity index (χ0n) is 16.7. The predicted molar refractivity (Wildman–Crippen MR) is 107 cm³/mol. The standard InChI is InChI=1S/C18H25N7O4/c1-9(2)25-17-15(23-24-25)16(21-18(22-17)20-7-10(3)26)19-8-12-13(27)5-11(29-4)6-14(12)28/h5-6,9-10,26-28H,7-8H2,1-4H3,(H2,19,20,21,22). The molecule has 0 spiro atoms. The Hall–Kier alpha value is -3.34. The Bertz CT molecular complexity index is 980. The lowest BCUT2D eigenvalue weighted by molar-refractivity contribution is 0.208. The Morgan fingerprint density at radius 1 is 1.10 bits per heavy atom. The van der Waals surface area contributed by atoms with Crippen molar-refractivity contribution in [1.29, 1.82) is 0 Å². The van der Waals surface area contributed by atoms with Crippen LogP contribution < -0.4 is 15.4 Å². The second-order valence-corrected chi connectivity index (χ2v) is 6.92. The molecule has 0 aliphatic heterocycles. The van der Waals surface area contributed by atoms with E-state index in [0.717, 1.165) is 0 Å². The van der Waals surface area contributed by atoms with Crippen LogP contribution in [0.3, 0.4) is 0 Å². The Labute approximate surface area is 167 Å². The number of benzene rings is 1.